The Bertz CT molecular complexity index is 1070. The molecule has 0 unspecified atom stereocenters. The Balaban J connectivity index is 1.67. The number of nitro groups is 1. The van der Waals surface area contributed by atoms with Gasteiger partial charge in [0.2, 0.25) is 0 Å². The lowest BCUT2D eigenvalue weighted by atomic mass is 9.97. The molecule has 0 spiro atoms. The molecule has 0 atom stereocenters. The molecule has 2 aromatic heterocycles. The van der Waals surface area contributed by atoms with E-state index < -0.39 is 4.92 Å². The maximum Gasteiger partial charge on any atom is 0.269 e. The van der Waals surface area contributed by atoms with E-state index in [1.807, 2.05) is 6.92 Å². The minimum absolute atomic E-state index is 0.0631. The Morgan fingerprint density at radius 3 is 2.70 bits per heavy atom. The summed E-state index contributed by atoms with van der Waals surface area (Å²) in [7, 11) is 0. The Morgan fingerprint density at radius 1 is 1.26 bits per heavy atom. The quantitative estimate of drug-likeness (QED) is 0.271. The third kappa shape index (κ3) is 3.39. The second-order valence-corrected chi connectivity index (χ2v) is 8.57. The van der Waals surface area contributed by atoms with Crippen molar-refractivity contribution in [3.05, 3.63) is 60.7 Å². The van der Waals surface area contributed by atoms with E-state index >= 15 is 0 Å². The summed E-state index contributed by atoms with van der Waals surface area (Å²) >= 11 is 3.16. The van der Waals surface area contributed by atoms with Crippen LogP contribution in [0.1, 0.15) is 35.8 Å². The number of rotatable bonds is 5. The molecule has 0 fully saturated rings. The topological polar surface area (TPSA) is 78.0 Å². The van der Waals surface area contributed by atoms with Crippen LogP contribution in [-0.4, -0.2) is 14.5 Å². The van der Waals surface area contributed by atoms with Crippen LogP contribution in [0.3, 0.4) is 0 Å². The summed E-state index contributed by atoms with van der Waals surface area (Å²) in [5.74, 6) is 0.612. The van der Waals surface area contributed by atoms with Crippen LogP contribution in [0.15, 0.2) is 34.2 Å². The zero-order valence-electron chi connectivity index (χ0n) is 14.9. The van der Waals surface area contributed by atoms with Crippen LogP contribution in [0.5, 0.6) is 0 Å². The van der Waals surface area contributed by atoms with E-state index in [0.717, 1.165) is 35.0 Å². The molecule has 0 amide bonds. The molecule has 27 heavy (non-hydrogen) atoms. The van der Waals surface area contributed by atoms with Gasteiger partial charge in [-0.2, -0.15) is 0 Å². The van der Waals surface area contributed by atoms with Crippen LogP contribution in [0, 0.1) is 10.1 Å². The molecule has 6 nitrogen and oxygen atoms in total. The lowest BCUT2D eigenvalue weighted by Crippen LogP contribution is -2.22. The van der Waals surface area contributed by atoms with E-state index in [0.29, 0.717) is 17.5 Å². The van der Waals surface area contributed by atoms with Crippen molar-refractivity contribution >= 4 is 39.0 Å². The Morgan fingerprint density at radius 2 is 2.00 bits per heavy atom. The van der Waals surface area contributed by atoms with Crippen LogP contribution in [0.4, 0.5) is 5.69 Å². The van der Waals surface area contributed by atoms with E-state index in [-0.39, 0.29) is 11.2 Å². The van der Waals surface area contributed by atoms with E-state index in [2.05, 4.69) is 0 Å². The van der Waals surface area contributed by atoms with Crippen molar-refractivity contribution in [2.75, 3.05) is 0 Å². The first-order chi connectivity index (χ1) is 13.1. The van der Waals surface area contributed by atoms with Crippen LogP contribution < -0.4 is 5.56 Å². The van der Waals surface area contributed by atoms with Gasteiger partial charge in [-0.1, -0.05) is 23.9 Å². The number of aryl methyl sites for hydroxylation is 2. The highest BCUT2D eigenvalue weighted by Crippen LogP contribution is 2.35. The number of non-ortho nitro benzene ring substituents is 1. The standard InChI is InChI=1S/C19H19N3O3S2/c1-2-21-18(23)16-14-5-3-4-6-15(14)27-17(16)20-19(21)26-11-12-7-9-13(10-8-12)22(24)25/h7-10H,2-6,11H2,1H3. The van der Waals surface area contributed by atoms with Gasteiger partial charge in [-0.05, 0) is 43.7 Å². The molecule has 0 aliphatic heterocycles. The van der Waals surface area contributed by atoms with E-state index in [1.165, 1.54) is 40.8 Å². The molecular weight excluding hydrogens is 382 g/mol. The number of hydrogen-bond acceptors (Lipinski definition) is 6. The average Bonchev–Trinajstić information content (AvgIpc) is 3.05. The van der Waals surface area contributed by atoms with Crippen molar-refractivity contribution in [2.45, 2.75) is 50.1 Å². The average molecular weight is 402 g/mol. The molecule has 8 heteroatoms. The largest absolute Gasteiger partial charge is 0.287 e. The number of nitro benzene ring substituents is 1. The number of hydrogen-bond donors (Lipinski definition) is 0. The molecule has 4 rings (SSSR count). The monoisotopic (exact) mass is 401 g/mol. The van der Waals surface area contributed by atoms with Crippen molar-refractivity contribution in [3.63, 3.8) is 0 Å². The van der Waals surface area contributed by atoms with Crippen molar-refractivity contribution in [1.82, 2.24) is 9.55 Å². The molecule has 0 saturated heterocycles. The molecular formula is C19H19N3O3S2. The molecule has 0 radical (unpaired) electrons. The molecule has 1 aromatic carbocycles. The second-order valence-electron chi connectivity index (χ2n) is 6.55. The van der Waals surface area contributed by atoms with Gasteiger partial charge in [0.15, 0.2) is 5.16 Å². The predicted molar refractivity (Wildman–Crippen MR) is 109 cm³/mol. The molecule has 1 aliphatic carbocycles. The molecule has 3 aromatic rings. The summed E-state index contributed by atoms with van der Waals surface area (Å²) in [5.41, 5.74) is 2.33. The first kappa shape index (κ1) is 18.2. The first-order valence-corrected chi connectivity index (χ1v) is 10.8. The van der Waals surface area contributed by atoms with Gasteiger partial charge in [-0.25, -0.2) is 4.98 Å². The predicted octanol–water partition coefficient (Wildman–Crippen LogP) is 4.56. The number of nitrogens with zero attached hydrogens (tertiary/aromatic N) is 3. The summed E-state index contributed by atoms with van der Waals surface area (Å²) in [5, 5.41) is 12.3. The fourth-order valence-electron chi connectivity index (χ4n) is 3.47. The van der Waals surface area contributed by atoms with E-state index in [1.54, 1.807) is 28.0 Å². The Kier molecular flexibility index (Phi) is 5.01. The molecule has 1 aliphatic rings. The second kappa shape index (κ2) is 7.44. The van der Waals surface area contributed by atoms with Gasteiger partial charge < -0.3 is 0 Å². The highest BCUT2D eigenvalue weighted by Gasteiger charge is 2.21. The van der Waals surface area contributed by atoms with Crippen molar-refractivity contribution in [3.8, 4) is 0 Å². The van der Waals surface area contributed by atoms with E-state index in [9.17, 15) is 14.9 Å². The lowest BCUT2D eigenvalue weighted by Gasteiger charge is -2.12. The van der Waals surface area contributed by atoms with E-state index in [4.69, 9.17) is 4.98 Å². The Labute approximate surface area is 164 Å². The third-order valence-electron chi connectivity index (χ3n) is 4.87. The SMILES string of the molecule is CCn1c(SCc2ccc([N+](=O)[O-])cc2)nc2sc3c(c2c1=O)CCCC3. The van der Waals surface area contributed by atoms with Crippen LogP contribution in [0.2, 0.25) is 0 Å². The molecule has 0 N–H and O–H groups in total. The summed E-state index contributed by atoms with van der Waals surface area (Å²) in [6.45, 7) is 2.54. The summed E-state index contributed by atoms with van der Waals surface area (Å²) in [6.07, 6.45) is 4.35. The minimum atomic E-state index is -0.403. The number of thiophene rings is 1. The highest BCUT2D eigenvalue weighted by molar-refractivity contribution is 7.98. The zero-order chi connectivity index (χ0) is 19.0. The normalized spacial score (nSPS) is 13.7. The fraction of sp³-hybridized carbons (Fsp3) is 0.368. The van der Waals surface area contributed by atoms with Gasteiger partial charge in [0.1, 0.15) is 4.83 Å². The van der Waals surface area contributed by atoms with Gasteiger partial charge in [0.05, 0.1) is 10.3 Å². The minimum Gasteiger partial charge on any atom is -0.287 e. The zero-order valence-corrected chi connectivity index (χ0v) is 16.6. The van der Waals surface area contributed by atoms with Crippen LogP contribution in [0.25, 0.3) is 10.2 Å². The first-order valence-electron chi connectivity index (χ1n) is 8.99. The van der Waals surface area contributed by atoms with Gasteiger partial charge in [0, 0.05) is 29.3 Å². The lowest BCUT2D eigenvalue weighted by molar-refractivity contribution is -0.384. The summed E-state index contributed by atoms with van der Waals surface area (Å²) in [6, 6.07) is 6.52. The molecule has 2 heterocycles. The maximum absolute atomic E-state index is 13.1. The number of thioether (sulfide) groups is 1. The maximum atomic E-state index is 13.1. The molecule has 0 saturated carbocycles. The van der Waals surface area contributed by atoms with Gasteiger partial charge in [-0.15, -0.1) is 11.3 Å². The Hall–Kier alpha value is -2.19. The van der Waals surface area contributed by atoms with Gasteiger partial charge >= 0.3 is 0 Å². The number of aromatic nitrogens is 2. The van der Waals surface area contributed by atoms with Crippen LogP contribution >= 0.6 is 23.1 Å². The van der Waals surface area contributed by atoms with Gasteiger partial charge in [-0.3, -0.25) is 19.5 Å². The summed E-state index contributed by atoms with van der Waals surface area (Å²) in [4.78, 5) is 30.4. The fourth-order valence-corrected chi connectivity index (χ4v) is 5.79. The summed E-state index contributed by atoms with van der Waals surface area (Å²) < 4.78 is 1.75. The van der Waals surface area contributed by atoms with Crippen molar-refractivity contribution in [2.24, 2.45) is 0 Å². The van der Waals surface area contributed by atoms with Gasteiger partial charge in [0.25, 0.3) is 11.2 Å². The number of benzene rings is 1. The van der Waals surface area contributed by atoms with Crippen LogP contribution in [-0.2, 0) is 25.1 Å². The van der Waals surface area contributed by atoms with Crippen molar-refractivity contribution in [1.29, 1.82) is 0 Å². The molecule has 0 bridgehead atoms. The smallest absolute Gasteiger partial charge is 0.269 e. The van der Waals surface area contributed by atoms with Crippen molar-refractivity contribution < 1.29 is 4.92 Å². The number of fused-ring (bicyclic) bond motifs is 3. The molecule has 140 valence electrons. The third-order valence-corrected chi connectivity index (χ3v) is 7.10. The highest BCUT2D eigenvalue weighted by atomic mass is 32.2.